The zero-order valence-electron chi connectivity index (χ0n) is 13.6. The minimum Gasteiger partial charge on any atom is -0.352 e. The molecule has 0 radical (unpaired) electrons. The zero-order valence-corrected chi connectivity index (χ0v) is 15.2. The minimum atomic E-state index is -3.67. The van der Waals surface area contributed by atoms with E-state index in [2.05, 4.69) is 10.6 Å². The van der Waals surface area contributed by atoms with Crippen molar-refractivity contribution < 1.29 is 18.0 Å². The highest BCUT2D eigenvalue weighted by Crippen LogP contribution is 2.21. The first kappa shape index (κ1) is 19.4. The van der Waals surface area contributed by atoms with E-state index >= 15 is 0 Å². The maximum atomic E-state index is 12.5. The highest BCUT2D eigenvalue weighted by atomic mass is 35.5. The molecular weight excluding hydrogens is 370 g/mol. The minimum absolute atomic E-state index is 0.0303. The lowest BCUT2D eigenvalue weighted by atomic mass is 10.3. The molecule has 138 valence electrons. The first-order valence-electron chi connectivity index (χ1n) is 7.52. The molecule has 4 N–H and O–H groups in total. The molecule has 3 amide bonds. The molecule has 1 atom stereocenters. The Balaban J connectivity index is 2.21. The Bertz CT molecular complexity index is 757. The Labute approximate surface area is 151 Å². The standard InChI is InChI=1S/C14H20ClN5O4S/c1-25(23,24)20-8-7-19(13(20)12(21)17-6-5-16)14(22)18-11-4-2-3-10(15)9-11/h2-4,9,13H,5-8,16H2,1H3,(H,17,21)(H,18,22). The van der Waals surface area contributed by atoms with Gasteiger partial charge in [0.05, 0.1) is 6.26 Å². The van der Waals surface area contributed by atoms with Crippen LogP contribution < -0.4 is 16.4 Å². The van der Waals surface area contributed by atoms with Gasteiger partial charge in [-0.25, -0.2) is 13.2 Å². The molecule has 2 rings (SSSR count). The van der Waals surface area contributed by atoms with Gasteiger partial charge in [-0.3, -0.25) is 9.69 Å². The quantitative estimate of drug-likeness (QED) is 0.645. The van der Waals surface area contributed by atoms with Crippen LogP contribution in [0.1, 0.15) is 0 Å². The molecule has 11 heteroatoms. The van der Waals surface area contributed by atoms with Crippen LogP contribution in [0.25, 0.3) is 0 Å². The lowest BCUT2D eigenvalue weighted by Crippen LogP contribution is -2.54. The van der Waals surface area contributed by atoms with Crippen molar-refractivity contribution in [1.82, 2.24) is 14.5 Å². The van der Waals surface area contributed by atoms with Crippen molar-refractivity contribution in [2.24, 2.45) is 5.73 Å². The molecule has 1 unspecified atom stereocenters. The van der Waals surface area contributed by atoms with E-state index in [1.165, 1.54) is 0 Å². The molecule has 0 bridgehead atoms. The number of anilines is 1. The van der Waals surface area contributed by atoms with Crippen molar-refractivity contribution >= 4 is 39.2 Å². The summed E-state index contributed by atoms with van der Waals surface area (Å²) < 4.78 is 24.9. The SMILES string of the molecule is CS(=O)(=O)N1CCN(C(=O)Nc2cccc(Cl)c2)C1C(=O)NCCN. The summed E-state index contributed by atoms with van der Waals surface area (Å²) in [6.07, 6.45) is -0.269. The van der Waals surface area contributed by atoms with Gasteiger partial charge in [0.25, 0.3) is 5.91 Å². The van der Waals surface area contributed by atoms with Crippen LogP contribution in [0.15, 0.2) is 24.3 Å². The van der Waals surface area contributed by atoms with Crippen LogP contribution in [0, 0.1) is 0 Å². The van der Waals surface area contributed by atoms with E-state index in [0.717, 1.165) is 15.5 Å². The molecule has 0 aliphatic carbocycles. The second-order valence-corrected chi connectivity index (χ2v) is 7.83. The summed E-state index contributed by atoms with van der Waals surface area (Å²) in [6.45, 7) is 0.491. The van der Waals surface area contributed by atoms with E-state index in [1.54, 1.807) is 24.3 Å². The lowest BCUT2D eigenvalue weighted by molar-refractivity contribution is -0.127. The molecule has 1 heterocycles. The van der Waals surface area contributed by atoms with Crippen molar-refractivity contribution in [3.05, 3.63) is 29.3 Å². The van der Waals surface area contributed by atoms with Crippen molar-refractivity contribution in [1.29, 1.82) is 0 Å². The summed E-state index contributed by atoms with van der Waals surface area (Å²) in [5.74, 6) is -0.602. The van der Waals surface area contributed by atoms with Gasteiger partial charge in [-0.15, -0.1) is 0 Å². The number of sulfonamides is 1. The van der Waals surface area contributed by atoms with Gasteiger partial charge >= 0.3 is 6.03 Å². The van der Waals surface area contributed by atoms with E-state index in [-0.39, 0.29) is 26.2 Å². The predicted octanol–water partition coefficient (Wildman–Crippen LogP) is -0.150. The number of amides is 3. The van der Waals surface area contributed by atoms with Gasteiger partial charge in [0.2, 0.25) is 10.0 Å². The number of benzene rings is 1. The normalized spacial score (nSPS) is 18.2. The summed E-state index contributed by atoms with van der Waals surface area (Å²) in [4.78, 5) is 26.1. The summed E-state index contributed by atoms with van der Waals surface area (Å²) >= 11 is 5.88. The number of hydrogen-bond acceptors (Lipinski definition) is 5. The fourth-order valence-electron chi connectivity index (χ4n) is 2.49. The second kappa shape index (κ2) is 8.00. The highest BCUT2D eigenvalue weighted by Gasteiger charge is 2.44. The van der Waals surface area contributed by atoms with E-state index in [1.807, 2.05) is 0 Å². The van der Waals surface area contributed by atoms with E-state index in [4.69, 9.17) is 17.3 Å². The molecular formula is C14H20ClN5O4S. The number of urea groups is 1. The molecule has 1 aromatic carbocycles. The fraction of sp³-hybridized carbons (Fsp3) is 0.429. The summed E-state index contributed by atoms with van der Waals surface area (Å²) in [5.41, 5.74) is 5.80. The number of nitrogens with one attached hydrogen (secondary N) is 2. The van der Waals surface area contributed by atoms with Crippen LogP contribution in [0.4, 0.5) is 10.5 Å². The predicted molar refractivity (Wildman–Crippen MR) is 94.6 cm³/mol. The van der Waals surface area contributed by atoms with Gasteiger partial charge in [-0.2, -0.15) is 4.31 Å². The molecule has 1 aromatic rings. The number of nitrogens with two attached hydrogens (primary N) is 1. The number of carbonyl (C=O) groups is 2. The van der Waals surface area contributed by atoms with Crippen molar-refractivity contribution in [2.75, 3.05) is 37.8 Å². The maximum Gasteiger partial charge on any atom is 0.323 e. The van der Waals surface area contributed by atoms with Gasteiger partial charge in [-0.05, 0) is 18.2 Å². The third kappa shape index (κ3) is 4.82. The molecule has 0 aromatic heterocycles. The number of rotatable bonds is 5. The molecule has 1 aliphatic heterocycles. The lowest BCUT2D eigenvalue weighted by Gasteiger charge is -2.27. The Hall–Kier alpha value is -1.88. The van der Waals surface area contributed by atoms with Crippen LogP contribution in [-0.2, 0) is 14.8 Å². The molecule has 1 aliphatic rings. The number of carbonyl (C=O) groups excluding carboxylic acids is 2. The molecule has 1 fully saturated rings. The molecule has 1 saturated heterocycles. The summed E-state index contributed by atoms with van der Waals surface area (Å²) in [5, 5.41) is 5.57. The van der Waals surface area contributed by atoms with Crippen LogP contribution in [0.3, 0.4) is 0 Å². The second-order valence-electron chi connectivity index (χ2n) is 5.46. The van der Waals surface area contributed by atoms with Crippen LogP contribution in [0.2, 0.25) is 5.02 Å². The molecule has 25 heavy (non-hydrogen) atoms. The first-order valence-corrected chi connectivity index (χ1v) is 9.74. The summed E-state index contributed by atoms with van der Waals surface area (Å²) in [7, 11) is -3.67. The number of halogens is 1. The molecule has 9 nitrogen and oxygen atoms in total. The number of nitrogens with zero attached hydrogens (tertiary/aromatic N) is 2. The monoisotopic (exact) mass is 389 g/mol. The van der Waals surface area contributed by atoms with Gasteiger partial charge in [-0.1, -0.05) is 17.7 Å². The van der Waals surface area contributed by atoms with Crippen molar-refractivity contribution in [3.63, 3.8) is 0 Å². The topological polar surface area (TPSA) is 125 Å². The average Bonchev–Trinajstić information content (AvgIpc) is 2.98. The average molecular weight is 390 g/mol. The Morgan fingerprint density at radius 2 is 2.08 bits per heavy atom. The molecule has 0 saturated carbocycles. The van der Waals surface area contributed by atoms with Gasteiger partial charge in [0, 0.05) is 36.9 Å². The third-order valence-electron chi connectivity index (χ3n) is 3.57. The fourth-order valence-corrected chi connectivity index (χ4v) is 3.66. The Morgan fingerprint density at radius 3 is 2.68 bits per heavy atom. The Morgan fingerprint density at radius 1 is 1.36 bits per heavy atom. The van der Waals surface area contributed by atoms with Crippen LogP contribution in [0.5, 0.6) is 0 Å². The third-order valence-corrected chi connectivity index (χ3v) is 5.04. The highest BCUT2D eigenvalue weighted by molar-refractivity contribution is 7.88. The summed E-state index contributed by atoms with van der Waals surface area (Å²) in [6, 6.07) is 5.91. The van der Waals surface area contributed by atoms with E-state index in [9.17, 15) is 18.0 Å². The van der Waals surface area contributed by atoms with Crippen molar-refractivity contribution in [2.45, 2.75) is 6.17 Å². The first-order chi connectivity index (χ1) is 11.7. The number of hydrogen-bond donors (Lipinski definition) is 3. The van der Waals surface area contributed by atoms with Crippen molar-refractivity contribution in [3.8, 4) is 0 Å². The molecule has 0 spiro atoms. The van der Waals surface area contributed by atoms with E-state index in [0.29, 0.717) is 10.7 Å². The smallest absolute Gasteiger partial charge is 0.323 e. The van der Waals surface area contributed by atoms with Gasteiger partial charge in [0.15, 0.2) is 6.17 Å². The van der Waals surface area contributed by atoms with E-state index < -0.39 is 28.1 Å². The van der Waals surface area contributed by atoms with Crippen LogP contribution >= 0.6 is 11.6 Å². The van der Waals surface area contributed by atoms with Gasteiger partial charge in [0.1, 0.15) is 0 Å². The Kier molecular flexibility index (Phi) is 6.22. The maximum absolute atomic E-state index is 12.5. The largest absolute Gasteiger partial charge is 0.352 e. The van der Waals surface area contributed by atoms with Crippen LogP contribution in [-0.4, -0.2) is 68.2 Å². The zero-order chi connectivity index (χ0) is 18.6. The van der Waals surface area contributed by atoms with Gasteiger partial charge < -0.3 is 16.4 Å².